The fraction of sp³-hybridized carbons (Fsp3) is 0.467. The molecule has 1 aromatic rings. The van der Waals surface area contributed by atoms with E-state index in [1.165, 1.54) is 6.92 Å². The summed E-state index contributed by atoms with van der Waals surface area (Å²) in [6, 6.07) is 6.83. The highest BCUT2D eigenvalue weighted by Gasteiger charge is 2.28. The molecule has 5 nitrogen and oxygen atoms in total. The van der Waals surface area contributed by atoms with Gasteiger partial charge in [-0.05, 0) is 37.8 Å². The molecule has 1 atom stereocenters. The van der Waals surface area contributed by atoms with Crippen LogP contribution in [0.1, 0.15) is 30.1 Å². The number of benzene rings is 1. The monoisotopic (exact) mass is 312 g/mol. The number of ketones is 1. The van der Waals surface area contributed by atoms with Crippen LogP contribution < -0.4 is 15.8 Å². The number of carbonyl (C=O) groups is 2. The number of amides is 1. The molecule has 0 saturated heterocycles. The summed E-state index contributed by atoms with van der Waals surface area (Å²) in [5, 5.41) is 2.76. The number of halogens is 1. The minimum Gasteiger partial charge on any atom is -0.484 e. The lowest BCUT2D eigenvalue weighted by Crippen LogP contribution is -2.40. The van der Waals surface area contributed by atoms with Gasteiger partial charge in [0.2, 0.25) is 0 Å². The highest BCUT2D eigenvalue weighted by molar-refractivity contribution is 5.94. The number of ether oxygens (including phenoxy) is 1. The average molecular weight is 313 g/mol. The largest absolute Gasteiger partial charge is 0.484 e. The summed E-state index contributed by atoms with van der Waals surface area (Å²) in [6.07, 6.45) is 2.32. The third-order valence-corrected chi connectivity index (χ3v) is 3.37. The first-order valence-electron chi connectivity index (χ1n) is 6.82. The van der Waals surface area contributed by atoms with E-state index < -0.39 is 0 Å². The van der Waals surface area contributed by atoms with Crippen molar-refractivity contribution >= 4 is 24.1 Å². The van der Waals surface area contributed by atoms with Crippen molar-refractivity contribution in [3.63, 3.8) is 0 Å². The van der Waals surface area contributed by atoms with Crippen LogP contribution in [0.4, 0.5) is 0 Å². The highest BCUT2D eigenvalue weighted by Crippen LogP contribution is 2.31. The molecule has 1 amide bonds. The Morgan fingerprint density at radius 2 is 2.14 bits per heavy atom. The fourth-order valence-electron chi connectivity index (χ4n) is 1.93. The molecule has 116 valence electrons. The van der Waals surface area contributed by atoms with Crippen LogP contribution in [0.2, 0.25) is 0 Å². The van der Waals surface area contributed by atoms with E-state index >= 15 is 0 Å². The summed E-state index contributed by atoms with van der Waals surface area (Å²) in [6.45, 7) is 1.91. The van der Waals surface area contributed by atoms with Gasteiger partial charge in [-0.3, -0.25) is 9.59 Å². The molecular formula is C15H21ClN2O3. The van der Waals surface area contributed by atoms with Crippen molar-refractivity contribution in [2.75, 3.05) is 13.2 Å². The first-order valence-corrected chi connectivity index (χ1v) is 6.82. The van der Waals surface area contributed by atoms with Crippen molar-refractivity contribution in [3.8, 4) is 5.75 Å². The van der Waals surface area contributed by atoms with E-state index in [0.717, 1.165) is 12.8 Å². The molecule has 0 bridgehead atoms. The molecule has 1 unspecified atom stereocenters. The molecular weight excluding hydrogens is 292 g/mol. The van der Waals surface area contributed by atoms with E-state index in [4.69, 9.17) is 10.5 Å². The maximum atomic E-state index is 11.6. The molecule has 1 aromatic carbocycles. The van der Waals surface area contributed by atoms with Crippen LogP contribution in [0, 0.1) is 5.92 Å². The number of nitrogens with one attached hydrogen (secondary N) is 1. The number of rotatable bonds is 7. The van der Waals surface area contributed by atoms with E-state index in [0.29, 0.717) is 23.8 Å². The van der Waals surface area contributed by atoms with Gasteiger partial charge in [0, 0.05) is 18.2 Å². The molecule has 0 spiro atoms. The number of nitrogens with two attached hydrogens (primary N) is 1. The summed E-state index contributed by atoms with van der Waals surface area (Å²) in [4.78, 5) is 22.9. The lowest BCUT2D eigenvalue weighted by atomic mass is 10.1. The zero-order chi connectivity index (χ0) is 14.5. The van der Waals surface area contributed by atoms with Crippen molar-refractivity contribution in [3.05, 3.63) is 29.8 Å². The highest BCUT2D eigenvalue weighted by atomic mass is 35.5. The number of hydrogen-bond donors (Lipinski definition) is 2. The minimum atomic E-state index is -0.200. The molecule has 6 heteroatoms. The molecule has 1 saturated carbocycles. The molecule has 2 rings (SSSR count). The molecule has 0 aliphatic heterocycles. The molecule has 1 aliphatic rings. The Morgan fingerprint density at radius 3 is 2.76 bits per heavy atom. The van der Waals surface area contributed by atoms with Crippen molar-refractivity contribution in [1.82, 2.24) is 5.32 Å². The Bertz CT molecular complexity index is 503. The number of hydrogen-bond acceptors (Lipinski definition) is 4. The van der Waals surface area contributed by atoms with Gasteiger partial charge in [-0.15, -0.1) is 12.4 Å². The molecule has 21 heavy (non-hydrogen) atoms. The predicted molar refractivity (Wildman–Crippen MR) is 82.9 cm³/mol. The third kappa shape index (κ3) is 5.73. The van der Waals surface area contributed by atoms with Crippen LogP contribution in [0.3, 0.4) is 0 Å². The predicted octanol–water partition coefficient (Wildman–Crippen LogP) is 1.54. The first kappa shape index (κ1) is 17.5. The van der Waals surface area contributed by atoms with Gasteiger partial charge in [0.05, 0.1) is 0 Å². The Morgan fingerprint density at radius 1 is 1.43 bits per heavy atom. The molecule has 0 aromatic heterocycles. The van der Waals surface area contributed by atoms with Gasteiger partial charge >= 0.3 is 0 Å². The molecule has 0 heterocycles. The second kappa shape index (κ2) is 8.00. The van der Waals surface area contributed by atoms with Crippen LogP contribution >= 0.6 is 12.4 Å². The van der Waals surface area contributed by atoms with Crippen molar-refractivity contribution in [1.29, 1.82) is 0 Å². The summed E-state index contributed by atoms with van der Waals surface area (Å²) < 4.78 is 5.36. The quantitative estimate of drug-likeness (QED) is 0.748. The standard InChI is InChI=1S/C15H20N2O3.ClH/c1-10(18)12-3-2-4-13(7-12)20-9-15(19)17-8-14(16)11-5-6-11;/h2-4,7,11,14H,5-6,8-9,16H2,1H3,(H,17,19);1H. The zero-order valence-corrected chi connectivity index (χ0v) is 12.8. The molecule has 0 radical (unpaired) electrons. The minimum absolute atomic E-state index is 0. The first-order chi connectivity index (χ1) is 9.56. The molecule has 3 N–H and O–H groups in total. The summed E-state index contributed by atoms with van der Waals surface area (Å²) in [7, 11) is 0. The van der Waals surface area contributed by atoms with Crippen molar-refractivity contribution < 1.29 is 14.3 Å². The van der Waals surface area contributed by atoms with Gasteiger partial charge in [-0.1, -0.05) is 12.1 Å². The average Bonchev–Trinajstić information content (AvgIpc) is 3.27. The Labute approximate surface area is 130 Å². The van der Waals surface area contributed by atoms with Gasteiger partial charge in [0.25, 0.3) is 5.91 Å². The molecule has 1 fully saturated rings. The van der Waals surface area contributed by atoms with Crippen LogP contribution in [-0.4, -0.2) is 30.9 Å². The molecule has 1 aliphatic carbocycles. The maximum absolute atomic E-state index is 11.6. The Hall–Kier alpha value is -1.59. The second-order valence-electron chi connectivity index (χ2n) is 5.18. The van der Waals surface area contributed by atoms with Crippen molar-refractivity contribution in [2.45, 2.75) is 25.8 Å². The fourth-order valence-corrected chi connectivity index (χ4v) is 1.93. The Balaban J connectivity index is 0.00000220. The second-order valence-corrected chi connectivity index (χ2v) is 5.18. The summed E-state index contributed by atoms with van der Waals surface area (Å²) >= 11 is 0. The normalized spacial score (nSPS) is 14.8. The lowest BCUT2D eigenvalue weighted by molar-refractivity contribution is -0.123. The third-order valence-electron chi connectivity index (χ3n) is 3.37. The van der Waals surface area contributed by atoms with E-state index in [1.54, 1.807) is 24.3 Å². The smallest absolute Gasteiger partial charge is 0.257 e. The summed E-state index contributed by atoms with van der Waals surface area (Å²) in [5.41, 5.74) is 6.46. The lowest BCUT2D eigenvalue weighted by Gasteiger charge is -2.12. The van der Waals surface area contributed by atoms with Crippen LogP contribution in [0.25, 0.3) is 0 Å². The topological polar surface area (TPSA) is 81.4 Å². The van der Waals surface area contributed by atoms with E-state index in [2.05, 4.69) is 5.32 Å². The van der Waals surface area contributed by atoms with Crippen molar-refractivity contribution in [2.24, 2.45) is 11.7 Å². The van der Waals surface area contributed by atoms with Gasteiger partial charge < -0.3 is 15.8 Å². The number of carbonyl (C=O) groups excluding carboxylic acids is 2. The zero-order valence-electron chi connectivity index (χ0n) is 12.0. The van der Waals surface area contributed by atoms with E-state index in [-0.39, 0.29) is 36.7 Å². The SMILES string of the molecule is CC(=O)c1cccc(OCC(=O)NCC(N)C2CC2)c1.Cl. The number of Topliss-reactive ketones (excluding diaryl/α,β-unsaturated/α-hetero) is 1. The van der Waals surface area contributed by atoms with Gasteiger partial charge in [0.15, 0.2) is 12.4 Å². The van der Waals surface area contributed by atoms with Gasteiger partial charge in [-0.25, -0.2) is 0 Å². The van der Waals surface area contributed by atoms with Crippen LogP contribution in [-0.2, 0) is 4.79 Å². The van der Waals surface area contributed by atoms with Crippen LogP contribution in [0.15, 0.2) is 24.3 Å². The van der Waals surface area contributed by atoms with E-state index in [1.807, 2.05) is 0 Å². The summed E-state index contributed by atoms with van der Waals surface area (Å²) in [5.74, 6) is 0.840. The Kier molecular flexibility index (Phi) is 6.65. The van der Waals surface area contributed by atoms with Crippen LogP contribution in [0.5, 0.6) is 5.75 Å². The van der Waals surface area contributed by atoms with E-state index in [9.17, 15) is 9.59 Å². The van der Waals surface area contributed by atoms with Gasteiger partial charge in [0.1, 0.15) is 5.75 Å². The van der Waals surface area contributed by atoms with Gasteiger partial charge in [-0.2, -0.15) is 0 Å². The maximum Gasteiger partial charge on any atom is 0.257 e.